The molecule has 2 amide bonds. The molecule has 1 saturated heterocycles. The molecule has 0 radical (unpaired) electrons. The average molecular weight is 528 g/mol. The first-order chi connectivity index (χ1) is 18.0. The summed E-state index contributed by atoms with van der Waals surface area (Å²) in [6.45, 7) is 6.14. The number of benzene rings is 2. The Bertz CT molecular complexity index is 1250. The Morgan fingerprint density at radius 3 is 2.74 bits per heavy atom. The molecule has 0 bridgehead atoms. The van der Waals surface area contributed by atoms with Crippen LogP contribution in [0.25, 0.3) is 11.1 Å². The van der Waals surface area contributed by atoms with Crippen LogP contribution in [0.15, 0.2) is 30.3 Å². The number of hydrogen-bond acceptors (Lipinski definition) is 6. The van der Waals surface area contributed by atoms with Crippen LogP contribution in [-0.4, -0.2) is 54.3 Å². The maximum atomic E-state index is 15.1. The highest BCUT2D eigenvalue weighted by Crippen LogP contribution is 2.39. The largest absolute Gasteiger partial charge is 0.488 e. The van der Waals surface area contributed by atoms with Crippen molar-refractivity contribution >= 4 is 12.0 Å². The molecule has 2 aliphatic heterocycles. The van der Waals surface area contributed by atoms with Crippen molar-refractivity contribution in [2.75, 3.05) is 19.7 Å². The average Bonchev–Trinajstić information content (AvgIpc) is 2.82. The van der Waals surface area contributed by atoms with Crippen molar-refractivity contribution in [3.05, 3.63) is 53.1 Å². The van der Waals surface area contributed by atoms with E-state index in [4.69, 9.17) is 14.2 Å². The lowest BCUT2D eigenvalue weighted by Crippen LogP contribution is -2.51. The first-order valence-electron chi connectivity index (χ1n) is 12.6. The number of amides is 2. The SMILES string of the molecule is CC(C)(C)OC(=O)N1CCCCO[C@H](C(=O)NC(C#N)Cc2cc3c(cc2F)-c2ccc(F)cc2CO3)C1. The number of carbonyl (C=O) groups is 2. The quantitative estimate of drug-likeness (QED) is 0.629. The molecule has 4 rings (SSSR count). The standard InChI is InChI=1S/C28H31F2N3O5/c1-28(2,3)38-27(35)33-8-4-5-9-36-25(15-33)26(34)32-20(14-31)11-17-12-24-22(13-23(17)30)21-7-6-19(29)10-18(21)16-37-24/h6-7,10,12-13,20,25H,4-5,8-9,11,15-16H2,1-3H3,(H,32,34)/t20?,25-/m0/s1. The molecule has 8 nitrogen and oxygen atoms in total. The van der Waals surface area contributed by atoms with Crippen molar-refractivity contribution in [1.82, 2.24) is 10.2 Å². The van der Waals surface area contributed by atoms with E-state index in [1.807, 2.05) is 6.07 Å². The zero-order valence-electron chi connectivity index (χ0n) is 21.7. The van der Waals surface area contributed by atoms with Gasteiger partial charge in [0.1, 0.15) is 35.6 Å². The number of carbonyl (C=O) groups excluding carboxylic acids is 2. The van der Waals surface area contributed by atoms with Crippen molar-refractivity contribution in [3.8, 4) is 22.9 Å². The summed E-state index contributed by atoms with van der Waals surface area (Å²) >= 11 is 0. The zero-order chi connectivity index (χ0) is 27.4. The minimum Gasteiger partial charge on any atom is -0.488 e. The lowest BCUT2D eigenvalue weighted by Gasteiger charge is -2.31. The van der Waals surface area contributed by atoms with Crippen LogP contribution < -0.4 is 10.1 Å². The maximum absolute atomic E-state index is 15.1. The van der Waals surface area contributed by atoms with E-state index in [2.05, 4.69) is 5.32 Å². The molecule has 1 N–H and O–H groups in total. The lowest BCUT2D eigenvalue weighted by atomic mass is 9.94. The first-order valence-corrected chi connectivity index (χ1v) is 12.6. The van der Waals surface area contributed by atoms with Gasteiger partial charge in [-0.05, 0) is 69.0 Å². The third kappa shape index (κ3) is 6.58. The van der Waals surface area contributed by atoms with Crippen molar-refractivity contribution < 1.29 is 32.6 Å². The molecule has 0 aromatic heterocycles. The van der Waals surface area contributed by atoms with Crippen LogP contribution in [0, 0.1) is 23.0 Å². The van der Waals surface area contributed by atoms with E-state index < -0.39 is 41.4 Å². The van der Waals surface area contributed by atoms with E-state index in [1.165, 1.54) is 29.2 Å². The van der Waals surface area contributed by atoms with Crippen LogP contribution in [0.2, 0.25) is 0 Å². The summed E-state index contributed by atoms with van der Waals surface area (Å²) in [5.41, 5.74) is 1.29. The fourth-order valence-corrected chi connectivity index (χ4v) is 4.42. The van der Waals surface area contributed by atoms with E-state index in [-0.39, 0.29) is 25.1 Å². The number of nitrogens with one attached hydrogen (secondary N) is 1. The highest BCUT2D eigenvalue weighted by atomic mass is 19.1. The van der Waals surface area contributed by atoms with Crippen LogP contribution in [0.1, 0.15) is 44.7 Å². The molecule has 0 aliphatic carbocycles. The Kier molecular flexibility index (Phi) is 8.17. The third-order valence-electron chi connectivity index (χ3n) is 6.26. The number of nitriles is 1. The summed E-state index contributed by atoms with van der Waals surface area (Å²) in [6, 6.07) is 8.00. The fourth-order valence-electron chi connectivity index (χ4n) is 4.42. The molecule has 0 spiro atoms. The number of ether oxygens (including phenoxy) is 3. The van der Waals surface area contributed by atoms with Gasteiger partial charge in [-0.1, -0.05) is 6.07 Å². The minimum absolute atomic E-state index is 0.0278. The molecular formula is C28H31F2N3O5. The molecule has 10 heteroatoms. The van der Waals surface area contributed by atoms with Gasteiger partial charge in [-0.3, -0.25) is 4.79 Å². The second-order valence-corrected chi connectivity index (χ2v) is 10.4. The molecule has 2 heterocycles. The smallest absolute Gasteiger partial charge is 0.410 e. The predicted molar refractivity (Wildman–Crippen MR) is 134 cm³/mol. The molecule has 0 saturated carbocycles. The molecule has 2 aliphatic rings. The minimum atomic E-state index is -1.05. The maximum Gasteiger partial charge on any atom is 0.410 e. The van der Waals surface area contributed by atoms with Crippen LogP contribution in [-0.2, 0) is 27.3 Å². The van der Waals surface area contributed by atoms with Crippen LogP contribution >= 0.6 is 0 Å². The van der Waals surface area contributed by atoms with Gasteiger partial charge in [-0.15, -0.1) is 0 Å². The molecular weight excluding hydrogens is 496 g/mol. The van der Waals surface area contributed by atoms with E-state index in [0.29, 0.717) is 48.4 Å². The summed E-state index contributed by atoms with van der Waals surface area (Å²) in [5, 5.41) is 12.3. The number of rotatable bonds is 4. The monoisotopic (exact) mass is 527 g/mol. The zero-order valence-corrected chi connectivity index (χ0v) is 21.7. The van der Waals surface area contributed by atoms with Gasteiger partial charge < -0.3 is 24.4 Å². The summed E-state index contributed by atoms with van der Waals surface area (Å²) < 4.78 is 45.5. The summed E-state index contributed by atoms with van der Waals surface area (Å²) in [5.74, 6) is -1.13. The lowest BCUT2D eigenvalue weighted by molar-refractivity contribution is -0.135. The first kappa shape index (κ1) is 27.3. The van der Waals surface area contributed by atoms with Gasteiger partial charge in [0.25, 0.3) is 5.91 Å². The normalized spacial score (nSPS) is 18.0. The molecule has 1 fully saturated rings. The Labute approximate surface area is 220 Å². The Morgan fingerprint density at radius 2 is 2.00 bits per heavy atom. The van der Waals surface area contributed by atoms with Crippen molar-refractivity contribution in [1.29, 1.82) is 5.26 Å². The molecule has 2 aromatic carbocycles. The van der Waals surface area contributed by atoms with E-state index in [0.717, 1.165) is 0 Å². The Morgan fingerprint density at radius 1 is 1.21 bits per heavy atom. The number of halogens is 2. The number of hydrogen-bond donors (Lipinski definition) is 1. The van der Waals surface area contributed by atoms with Crippen molar-refractivity contribution in [3.63, 3.8) is 0 Å². The predicted octanol–water partition coefficient (Wildman–Crippen LogP) is 4.49. The fraction of sp³-hybridized carbons (Fsp3) is 0.464. The van der Waals surface area contributed by atoms with E-state index in [1.54, 1.807) is 26.8 Å². The summed E-state index contributed by atoms with van der Waals surface area (Å²) in [6.07, 6.45) is -0.303. The highest BCUT2D eigenvalue weighted by Gasteiger charge is 2.31. The van der Waals surface area contributed by atoms with Gasteiger partial charge >= 0.3 is 6.09 Å². The van der Waals surface area contributed by atoms with Crippen LogP contribution in [0.5, 0.6) is 5.75 Å². The van der Waals surface area contributed by atoms with Crippen LogP contribution in [0.3, 0.4) is 0 Å². The Balaban J connectivity index is 1.45. The van der Waals surface area contributed by atoms with E-state index >= 15 is 4.39 Å². The third-order valence-corrected chi connectivity index (χ3v) is 6.26. The molecule has 38 heavy (non-hydrogen) atoms. The van der Waals surface area contributed by atoms with Crippen molar-refractivity contribution in [2.24, 2.45) is 0 Å². The number of nitrogens with zero attached hydrogens (tertiary/aromatic N) is 2. The molecule has 2 aromatic rings. The second-order valence-electron chi connectivity index (χ2n) is 10.4. The topological polar surface area (TPSA) is 101 Å². The van der Waals surface area contributed by atoms with Gasteiger partial charge in [0.15, 0.2) is 6.10 Å². The Hall–Kier alpha value is -3.71. The highest BCUT2D eigenvalue weighted by molar-refractivity contribution is 5.82. The van der Waals surface area contributed by atoms with E-state index in [9.17, 15) is 19.2 Å². The van der Waals surface area contributed by atoms with Gasteiger partial charge in [0.05, 0.1) is 12.6 Å². The van der Waals surface area contributed by atoms with Gasteiger partial charge in [-0.2, -0.15) is 5.26 Å². The van der Waals surface area contributed by atoms with Gasteiger partial charge in [0, 0.05) is 30.7 Å². The molecule has 2 atom stereocenters. The van der Waals surface area contributed by atoms with Crippen molar-refractivity contribution in [2.45, 2.75) is 64.4 Å². The molecule has 1 unspecified atom stereocenters. The van der Waals surface area contributed by atoms with Crippen LogP contribution in [0.4, 0.5) is 13.6 Å². The van der Waals surface area contributed by atoms with Gasteiger partial charge in [-0.25, -0.2) is 13.6 Å². The number of fused-ring (bicyclic) bond motifs is 3. The van der Waals surface area contributed by atoms with Gasteiger partial charge in [0.2, 0.25) is 0 Å². The summed E-state index contributed by atoms with van der Waals surface area (Å²) in [4.78, 5) is 27.1. The molecule has 202 valence electrons. The second kappa shape index (κ2) is 11.4. The summed E-state index contributed by atoms with van der Waals surface area (Å²) in [7, 11) is 0.